The van der Waals surface area contributed by atoms with Crippen molar-refractivity contribution in [3.63, 3.8) is 0 Å². The van der Waals surface area contributed by atoms with E-state index in [1.54, 1.807) is 0 Å². The Hall–Kier alpha value is -3.55. The fourth-order valence-corrected chi connectivity index (χ4v) is 2.15. The molecule has 0 saturated heterocycles. The predicted octanol–water partition coefficient (Wildman–Crippen LogP) is 1.35. The average molecular weight is 343 g/mol. The SMILES string of the molecule is NC(=O)C(Nc1cc(C(=O)O)ccc1NCc1ccccc1)C(=O)O. The molecule has 0 fully saturated rings. The molecule has 0 aliphatic heterocycles. The number of amides is 1. The molecule has 1 atom stereocenters. The Kier molecular flexibility index (Phi) is 5.57. The number of rotatable bonds is 8. The van der Waals surface area contributed by atoms with Crippen LogP contribution in [-0.2, 0) is 16.1 Å². The number of aliphatic carboxylic acids is 1. The van der Waals surface area contributed by atoms with E-state index in [0.29, 0.717) is 12.2 Å². The number of carboxylic acid groups (broad SMARTS) is 2. The first-order chi connectivity index (χ1) is 11.9. The van der Waals surface area contributed by atoms with Gasteiger partial charge >= 0.3 is 11.9 Å². The average Bonchev–Trinajstić information content (AvgIpc) is 2.58. The number of carbonyl (C=O) groups is 3. The minimum absolute atomic E-state index is 0.0543. The summed E-state index contributed by atoms with van der Waals surface area (Å²) in [5.74, 6) is -3.71. The van der Waals surface area contributed by atoms with Crippen molar-refractivity contribution in [3.05, 3.63) is 59.7 Å². The molecule has 25 heavy (non-hydrogen) atoms. The van der Waals surface area contributed by atoms with Gasteiger partial charge < -0.3 is 26.6 Å². The molecule has 0 aromatic heterocycles. The molecule has 0 spiro atoms. The number of benzene rings is 2. The Labute approximate surface area is 143 Å². The monoisotopic (exact) mass is 343 g/mol. The molecule has 0 radical (unpaired) electrons. The van der Waals surface area contributed by atoms with Gasteiger partial charge in [0, 0.05) is 6.54 Å². The molecule has 8 heteroatoms. The van der Waals surface area contributed by atoms with Gasteiger partial charge in [0.2, 0.25) is 6.04 Å². The zero-order valence-electron chi connectivity index (χ0n) is 13.1. The van der Waals surface area contributed by atoms with Crippen molar-refractivity contribution in [2.24, 2.45) is 5.73 Å². The third-order valence-electron chi connectivity index (χ3n) is 3.42. The lowest BCUT2D eigenvalue weighted by Gasteiger charge is -2.18. The van der Waals surface area contributed by atoms with E-state index in [-0.39, 0.29) is 11.3 Å². The molecular formula is C17H17N3O5. The molecular weight excluding hydrogens is 326 g/mol. The van der Waals surface area contributed by atoms with Gasteiger partial charge in [0.05, 0.1) is 16.9 Å². The Morgan fingerprint density at radius 1 is 1.00 bits per heavy atom. The van der Waals surface area contributed by atoms with E-state index < -0.39 is 23.9 Å². The van der Waals surface area contributed by atoms with Crippen molar-refractivity contribution < 1.29 is 24.6 Å². The molecule has 2 aromatic rings. The van der Waals surface area contributed by atoms with E-state index in [1.165, 1.54) is 18.2 Å². The third-order valence-corrected chi connectivity index (χ3v) is 3.42. The Balaban J connectivity index is 2.29. The first-order valence-corrected chi connectivity index (χ1v) is 7.32. The van der Waals surface area contributed by atoms with Crippen molar-refractivity contribution in [2.45, 2.75) is 12.6 Å². The third kappa shape index (κ3) is 4.71. The van der Waals surface area contributed by atoms with E-state index in [0.717, 1.165) is 5.56 Å². The van der Waals surface area contributed by atoms with Gasteiger partial charge in [-0.3, -0.25) is 4.79 Å². The summed E-state index contributed by atoms with van der Waals surface area (Å²) in [6, 6.07) is 11.9. The van der Waals surface area contributed by atoms with Gasteiger partial charge in [-0.15, -0.1) is 0 Å². The molecule has 1 amide bonds. The summed E-state index contributed by atoms with van der Waals surface area (Å²) in [5, 5.41) is 23.7. The lowest BCUT2D eigenvalue weighted by molar-refractivity contribution is -0.141. The molecule has 130 valence electrons. The number of aromatic carboxylic acids is 1. The summed E-state index contributed by atoms with van der Waals surface area (Å²) in [4.78, 5) is 33.6. The fraction of sp³-hybridized carbons (Fsp3) is 0.118. The van der Waals surface area contributed by atoms with Crippen molar-refractivity contribution in [2.75, 3.05) is 10.6 Å². The van der Waals surface area contributed by atoms with Gasteiger partial charge in [0.25, 0.3) is 5.91 Å². The van der Waals surface area contributed by atoms with Gasteiger partial charge in [0.15, 0.2) is 0 Å². The zero-order valence-corrected chi connectivity index (χ0v) is 13.1. The van der Waals surface area contributed by atoms with Gasteiger partial charge in [-0.1, -0.05) is 30.3 Å². The highest BCUT2D eigenvalue weighted by molar-refractivity contribution is 6.04. The Morgan fingerprint density at radius 2 is 1.68 bits per heavy atom. The lowest BCUT2D eigenvalue weighted by Crippen LogP contribution is -2.42. The van der Waals surface area contributed by atoms with Crippen LogP contribution in [0.4, 0.5) is 11.4 Å². The van der Waals surface area contributed by atoms with Crippen LogP contribution in [0.5, 0.6) is 0 Å². The van der Waals surface area contributed by atoms with Crippen molar-refractivity contribution in [3.8, 4) is 0 Å². The van der Waals surface area contributed by atoms with Crippen molar-refractivity contribution in [1.29, 1.82) is 0 Å². The summed E-state index contributed by atoms with van der Waals surface area (Å²) in [5.41, 5.74) is 6.60. The molecule has 2 aromatic carbocycles. The van der Waals surface area contributed by atoms with E-state index in [2.05, 4.69) is 10.6 Å². The number of nitrogens with two attached hydrogens (primary N) is 1. The number of hydrogen-bond acceptors (Lipinski definition) is 5. The van der Waals surface area contributed by atoms with E-state index in [4.69, 9.17) is 15.9 Å². The molecule has 2 rings (SSSR count). The molecule has 0 aliphatic carbocycles. The number of carboxylic acids is 2. The quantitative estimate of drug-likeness (QED) is 0.455. The molecule has 8 nitrogen and oxygen atoms in total. The number of hydrogen-bond donors (Lipinski definition) is 5. The van der Waals surface area contributed by atoms with Crippen LogP contribution in [0.15, 0.2) is 48.5 Å². The smallest absolute Gasteiger partial charge is 0.336 e. The van der Waals surface area contributed by atoms with Gasteiger partial charge in [-0.2, -0.15) is 0 Å². The highest BCUT2D eigenvalue weighted by atomic mass is 16.4. The number of anilines is 2. The van der Waals surface area contributed by atoms with Crippen LogP contribution >= 0.6 is 0 Å². The summed E-state index contributed by atoms with van der Waals surface area (Å²) in [6.45, 7) is 0.427. The minimum atomic E-state index is -1.68. The van der Waals surface area contributed by atoms with Crippen LogP contribution in [0.2, 0.25) is 0 Å². The topological polar surface area (TPSA) is 142 Å². The standard InChI is InChI=1S/C17H17N3O5/c18-15(21)14(17(24)25)20-13-8-11(16(22)23)6-7-12(13)19-9-10-4-2-1-3-5-10/h1-8,14,19-20H,9H2,(H2,18,21)(H,22,23)(H,24,25). The first kappa shape index (κ1) is 17.8. The maximum atomic E-state index is 11.3. The second-order valence-corrected chi connectivity index (χ2v) is 5.22. The summed E-state index contributed by atoms with van der Waals surface area (Å²) < 4.78 is 0. The van der Waals surface area contributed by atoms with Crippen molar-refractivity contribution in [1.82, 2.24) is 0 Å². The predicted molar refractivity (Wildman–Crippen MR) is 91.4 cm³/mol. The van der Waals surface area contributed by atoms with E-state index >= 15 is 0 Å². The summed E-state index contributed by atoms with van der Waals surface area (Å²) in [7, 11) is 0. The molecule has 0 heterocycles. The van der Waals surface area contributed by atoms with Crippen LogP contribution in [0.25, 0.3) is 0 Å². The van der Waals surface area contributed by atoms with Gasteiger partial charge in [-0.25, -0.2) is 9.59 Å². The minimum Gasteiger partial charge on any atom is -0.479 e. The largest absolute Gasteiger partial charge is 0.479 e. The number of carbonyl (C=O) groups excluding carboxylic acids is 1. The summed E-state index contributed by atoms with van der Waals surface area (Å²) in [6.07, 6.45) is 0. The Morgan fingerprint density at radius 3 is 2.24 bits per heavy atom. The molecule has 0 bridgehead atoms. The lowest BCUT2D eigenvalue weighted by atomic mass is 10.1. The molecule has 0 aliphatic rings. The van der Waals surface area contributed by atoms with Crippen LogP contribution in [-0.4, -0.2) is 34.1 Å². The highest BCUT2D eigenvalue weighted by Gasteiger charge is 2.24. The zero-order chi connectivity index (χ0) is 18.4. The van der Waals surface area contributed by atoms with E-state index in [1.807, 2.05) is 30.3 Å². The Bertz CT molecular complexity index is 778. The summed E-state index contributed by atoms with van der Waals surface area (Å²) >= 11 is 0. The van der Waals surface area contributed by atoms with Crippen molar-refractivity contribution >= 4 is 29.2 Å². The fourth-order valence-electron chi connectivity index (χ4n) is 2.15. The maximum Gasteiger partial charge on any atom is 0.336 e. The van der Waals surface area contributed by atoms with E-state index in [9.17, 15) is 14.4 Å². The molecule has 0 saturated carbocycles. The van der Waals surface area contributed by atoms with Gasteiger partial charge in [0.1, 0.15) is 0 Å². The van der Waals surface area contributed by atoms with Crippen LogP contribution in [0, 0.1) is 0 Å². The second kappa shape index (κ2) is 7.82. The first-order valence-electron chi connectivity index (χ1n) is 7.32. The van der Waals surface area contributed by atoms with Gasteiger partial charge in [-0.05, 0) is 23.8 Å². The maximum absolute atomic E-state index is 11.3. The normalized spacial score (nSPS) is 11.4. The number of primary amides is 1. The number of nitrogens with one attached hydrogen (secondary N) is 2. The van der Waals surface area contributed by atoms with Crippen LogP contribution in [0.1, 0.15) is 15.9 Å². The highest BCUT2D eigenvalue weighted by Crippen LogP contribution is 2.25. The second-order valence-electron chi connectivity index (χ2n) is 5.22. The molecule has 1 unspecified atom stereocenters. The van der Waals surface area contributed by atoms with Crippen LogP contribution < -0.4 is 16.4 Å². The molecule has 6 N–H and O–H groups in total. The van der Waals surface area contributed by atoms with Crippen LogP contribution in [0.3, 0.4) is 0 Å².